The topological polar surface area (TPSA) is 122 Å². The minimum atomic E-state index is -2.38. The van der Waals surface area contributed by atoms with Crippen molar-refractivity contribution in [3.8, 4) is 0 Å². The highest BCUT2D eigenvalue weighted by molar-refractivity contribution is 6.76. The zero-order chi connectivity index (χ0) is 34.3. The number of rotatable bonds is 14. The Kier molecular flexibility index (Phi) is 12.4. The predicted molar refractivity (Wildman–Crippen MR) is 174 cm³/mol. The number of methoxy groups -OCH3 is 1. The number of hydrogen-bond donors (Lipinski definition) is 1. The summed E-state index contributed by atoms with van der Waals surface area (Å²) in [5.41, 5.74) is 1.41. The van der Waals surface area contributed by atoms with Crippen LogP contribution in [0.4, 0.5) is 9.18 Å². The van der Waals surface area contributed by atoms with E-state index in [9.17, 15) is 24.0 Å². The molecule has 1 fully saturated rings. The Morgan fingerprint density at radius 2 is 1.66 bits per heavy atom. The number of carbonyl (C=O) groups is 5. The molecule has 0 aliphatic carbocycles. The van der Waals surface area contributed by atoms with Gasteiger partial charge >= 0.3 is 6.09 Å². The molecule has 5 amide bonds. The van der Waals surface area contributed by atoms with Gasteiger partial charge in [-0.05, 0) is 55.4 Å². The van der Waals surface area contributed by atoms with E-state index in [1.165, 1.54) is 7.11 Å². The van der Waals surface area contributed by atoms with E-state index in [1.807, 2.05) is 30.3 Å². The molecule has 0 aromatic heterocycles. The first kappa shape index (κ1) is 36.3. The van der Waals surface area contributed by atoms with E-state index in [-0.39, 0.29) is 43.7 Å². The first-order valence-electron chi connectivity index (χ1n) is 15.1. The fourth-order valence-corrected chi connectivity index (χ4v) is 5.77. The summed E-state index contributed by atoms with van der Waals surface area (Å²) in [4.78, 5) is 67.4. The van der Waals surface area contributed by atoms with E-state index in [4.69, 9.17) is 44.3 Å². The molecular formula is C33H35Cl3FN3O7. The Morgan fingerprint density at radius 1 is 1.04 bits per heavy atom. The third-order valence-electron chi connectivity index (χ3n) is 8.15. The van der Waals surface area contributed by atoms with Crippen LogP contribution in [-0.4, -0.2) is 82.3 Å². The maximum atomic E-state index is 16.2. The number of cyclic esters (lactones) is 1. The summed E-state index contributed by atoms with van der Waals surface area (Å²) in [6.07, 6.45) is 0.814. The van der Waals surface area contributed by atoms with Crippen LogP contribution in [0.2, 0.25) is 0 Å². The van der Waals surface area contributed by atoms with Gasteiger partial charge in [-0.3, -0.25) is 24.1 Å². The van der Waals surface area contributed by atoms with Gasteiger partial charge in [-0.2, -0.15) is 0 Å². The molecule has 14 heteroatoms. The smallest absolute Gasteiger partial charge is 0.417 e. The van der Waals surface area contributed by atoms with Gasteiger partial charge in [0.15, 0.2) is 0 Å². The third-order valence-corrected chi connectivity index (χ3v) is 8.67. The summed E-state index contributed by atoms with van der Waals surface area (Å²) in [5.74, 6) is -5.47. The number of imide groups is 2. The minimum absolute atomic E-state index is 0.0522. The van der Waals surface area contributed by atoms with Crippen LogP contribution >= 0.6 is 34.8 Å². The molecule has 1 unspecified atom stereocenters. The zero-order valence-electron chi connectivity index (χ0n) is 25.8. The Hall–Kier alpha value is -3.51. The predicted octanol–water partition coefficient (Wildman–Crippen LogP) is 5.65. The molecule has 2 aliphatic heterocycles. The van der Waals surface area contributed by atoms with Crippen LogP contribution in [-0.2, 0) is 25.5 Å². The summed E-state index contributed by atoms with van der Waals surface area (Å²) in [6.45, 7) is 1.78. The first-order chi connectivity index (χ1) is 22.3. The van der Waals surface area contributed by atoms with Gasteiger partial charge in [0, 0.05) is 20.3 Å². The van der Waals surface area contributed by atoms with Crippen molar-refractivity contribution < 1.29 is 37.8 Å². The molecule has 4 rings (SSSR count). The van der Waals surface area contributed by atoms with Gasteiger partial charge in [0.25, 0.3) is 21.5 Å². The van der Waals surface area contributed by atoms with Crippen LogP contribution < -0.4 is 5.32 Å². The number of benzene rings is 2. The lowest BCUT2D eigenvalue weighted by Gasteiger charge is -2.27. The number of amides is 5. The molecule has 1 saturated heterocycles. The van der Waals surface area contributed by atoms with Crippen molar-refractivity contribution in [2.45, 2.75) is 48.5 Å². The average Bonchev–Trinajstić information content (AvgIpc) is 3.52. The monoisotopic (exact) mass is 709 g/mol. The second kappa shape index (κ2) is 16.1. The largest absolute Gasteiger partial charge is 0.447 e. The minimum Gasteiger partial charge on any atom is -0.447 e. The molecule has 0 spiro atoms. The Bertz CT molecular complexity index is 1480. The number of hydrogen-bond acceptors (Lipinski definition) is 7. The Labute approximate surface area is 287 Å². The van der Waals surface area contributed by atoms with Gasteiger partial charge in [-0.25, -0.2) is 14.1 Å². The van der Waals surface area contributed by atoms with Gasteiger partial charge < -0.3 is 14.8 Å². The van der Waals surface area contributed by atoms with Crippen molar-refractivity contribution in [1.29, 1.82) is 0 Å². The number of alkyl halides is 3. The molecule has 0 bridgehead atoms. The van der Waals surface area contributed by atoms with Crippen molar-refractivity contribution in [2.24, 2.45) is 11.8 Å². The average molecular weight is 711 g/mol. The molecule has 2 heterocycles. The normalized spacial score (nSPS) is 18.6. The highest BCUT2D eigenvalue weighted by Gasteiger charge is 2.42. The van der Waals surface area contributed by atoms with Crippen molar-refractivity contribution in [1.82, 2.24) is 15.1 Å². The SMILES string of the molecule is COCCC(C)[C@H](NC(=O)C(Cl)(Cl)Cl)/C(F)=C/[C@@H](CCCN1C(=O)c2ccccc2C1=O)C(=O)N1C(=O)OC[C@H]1Cc1ccccc1. The summed E-state index contributed by atoms with van der Waals surface area (Å²) >= 11 is 17.3. The van der Waals surface area contributed by atoms with Gasteiger partial charge in [-0.1, -0.05) is 84.2 Å². The fourth-order valence-electron chi connectivity index (χ4n) is 5.61. The zero-order valence-corrected chi connectivity index (χ0v) is 28.1. The van der Waals surface area contributed by atoms with E-state index in [0.29, 0.717) is 12.8 Å². The standard InChI is InChI=1S/C33H35Cl3FN3O7/c1-20(14-16-46-2)27(38-31(44)33(34,35)36)26(37)18-22(11-8-15-39-29(42)24-12-6-7-13-25(24)30(39)43)28(41)40-23(19-47-32(40)45)17-21-9-4-3-5-10-21/h3-7,9-10,12-13,18,20,22-23,27H,8,11,14-17,19H2,1-2H3,(H,38,44)/b26-18-/t20?,22-,23-,27+/m1/s1. The van der Waals surface area contributed by atoms with Crippen molar-refractivity contribution in [3.63, 3.8) is 0 Å². The number of ether oxygens (including phenoxy) is 2. The molecule has 0 radical (unpaired) electrons. The Balaban J connectivity index is 1.61. The quantitative estimate of drug-likeness (QED) is 0.199. The van der Waals surface area contributed by atoms with Gasteiger partial charge in [-0.15, -0.1) is 0 Å². The number of fused-ring (bicyclic) bond motifs is 1. The van der Waals surface area contributed by atoms with E-state index >= 15 is 4.39 Å². The highest BCUT2D eigenvalue weighted by Crippen LogP contribution is 2.30. The van der Waals surface area contributed by atoms with E-state index in [1.54, 1.807) is 31.2 Å². The fraction of sp³-hybridized carbons (Fsp3) is 0.424. The Morgan fingerprint density at radius 3 is 2.26 bits per heavy atom. The summed E-state index contributed by atoms with van der Waals surface area (Å²) < 4.78 is 24.2. The summed E-state index contributed by atoms with van der Waals surface area (Å²) in [7, 11) is 1.47. The lowest BCUT2D eigenvalue weighted by Crippen LogP contribution is -2.46. The van der Waals surface area contributed by atoms with Crippen LogP contribution in [0, 0.1) is 11.8 Å². The highest BCUT2D eigenvalue weighted by atomic mass is 35.6. The van der Waals surface area contributed by atoms with E-state index in [0.717, 1.165) is 21.4 Å². The molecule has 10 nitrogen and oxygen atoms in total. The van der Waals surface area contributed by atoms with Gasteiger partial charge in [0.05, 0.1) is 29.1 Å². The van der Waals surface area contributed by atoms with E-state index < -0.39 is 63.3 Å². The third kappa shape index (κ3) is 8.90. The van der Waals surface area contributed by atoms with Gasteiger partial charge in [0.1, 0.15) is 12.4 Å². The molecule has 252 valence electrons. The lowest BCUT2D eigenvalue weighted by atomic mass is 9.93. The number of nitrogens with zero attached hydrogens (tertiary/aromatic N) is 2. The van der Waals surface area contributed by atoms with Crippen LogP contribution in [0.1, 0.15) is 52.5 Å². The van der Waals surface area contributed by atoms with Crippen LogP contribution in [0.15, 0.2) is 66.5 Å². The molecule has 1 N–H and O–H groups in total. The maximum Gasteiger partial charge on any atom is 0.417 e. The first-order valence-corrected chi connectivity index (χ1v) is 16.2. The number of halogens is 4. The van der Waals surface area contributed by atoms with Crippen molar-refractivity contribution in [2.75, 3.05) is 26.9 Å². The van der Waals surface area contributed by atoms with Crippen LogP contribution in [0.5, 0.6) is 0 Å². The second-order valence-corrected chi connectivity index (χ2v) is 13.7. The molecule has 47 heavy (non-hydrogen) atoms. The maximum absolute atomic E-state index is 16.2. The summed E-state index contributed by atoms with van der Waals surface area (Å²) in [5, 5.41) is 2.40. The van der Waals surface area contributed by atoms with E-state index in [2.05, 4.69) is 5.32 Å². The van der Waals surface area contributed by atoms with Gasteiger partial charge in [0.2, 0.25) is 5.91 Å². The molecule has 2 aromatic rings. The number of carbonyl (C=O) groups excluding carboxylic acids is 5. The van der Waals surface area contributed by atoms with Crippen molar-refractivity contribution >= 4 is 64.5 Å². The molecular weight excluding hydrogens is 676 g/mol. The molecule has 2 aromatic carbocycles. The number of nitrogens with one attached hydrogen (secondary N) is 1. The van der Waals surface area contributed by atoms with Crippen LogP contribution in [0.3, 0.4) is 0 Å². The summed E-state index contributed by atoms with van der Waals surface area (Å²) in [6, 6.07) is 13.7. The molecule has 4 atom stereocenters. The lowest BCUT2D eigenvalue weighted by molar-refractivity contribution is -0.132. The van der Waals surface area contributed by atoms with Crippen LogP contribution in [0.25, 0.3) is 0 Å². The molecule has 0 saturated carbocycles. The van der Waals surface area contributed by atoms with Crippen molar-refractivity contribution in [3.05, 3.63) is 83.2 Å². The molecule has 2 aliphatic rings. The second-order valence-electron chi connectivity index (χ2n) is 11.4.